The molecule has 0 radical (unpaired) electrons. The second-order valence-electron chi connectivity index (χ2n) is 6.93. The van der Waals surface area contributed by atoms with E-state index in [0.29, 0.717) is 0 Å². The minimum Gasteiger partial charge on any atom is -0.521 e. The van der Waals surface area contributed by atoms with E-state index >= 15 is 0 Å². The van der Waals surface area contributed by atoms with Gasteiger partial charge in [-0.2, -0.15) is 0 Å². The fourth-order valence-electron chi connectivity index (χ4n) is 3.60. The Bertz CT molecular complexity index is 1180. The van der Waals surface area contributed by atoms with Gasteiger partial charge in [0.2, 0.25) is 0 Å². The summed E-state index contributed by atoms with van der Waals surface area (Å²) in [5, 5.41) is 4.42. The van der Waals surface area contributed by atoms with E-state index < -0.39 is 7.12 Å². The van der Waals surface area contributed by atoms with Crippen LogP contribution in [0.4, 0.5) is 0 Å². The average molecular weight is 374 g/mol. The maximum absolute atomic E-state index is 6.44. The van der Waals surface area contributed by atoms with Crippen molar-refractivity contribution in [3.05, 3.63) is 115 Å². The third kappa shape index (κ3) is 3.55. The second-order valence-corrected chi connectivity index (χ2v) is 6.93. The highest BCUT2D eigenvalue weighted by atomic mass is 16.6. The first-order chi connectivity index (χ1) is 14.4. The maximum atomic E-state index is 6.44. The van der Waals surface area contributed by atoms with Crippen LogP contribution in [0.1, 0.15) is 0 Å². The third-order valence-electron chi connectivity index (χ3n) is 5.04. The van der Waals surface area contributed by atoms with Crippen molar-refractivity contribution in [1.82, 2.24) is 0 Å². The molecule has 138 valence electrons. The first-order valence-corrected chi connectivity index (χ1v) is 9.72. The summed E-state index contributed by atoms with van der Waals surface area (Å²) in [6.45, 7) is 0. The Morgan fingerprint density at radius 1 is 0.414 bits per heavy atom. The Morgan fingerprint density at radius 2 is 0.862 bits per heavy atom. The van der Waals surface area contributed by atoms with Gasteiger partial charge < -0.3 is 9.31 Å². The Morgan fingerprint density at radius 3 is 1.41 bits per heavy atom. The highest BCUT2D eigenvalue weighted by Gasteiger charge is 2.27. The lowest BCUT2D eigenvalue weighted by molar-refractivity contribution is 0.444. The molecule has 0 N–H and O–H groups in total. The van der Waals surface area contributed by atoms with Gasteiger partial charge in [0.15, 0.2) is 0 Å². The predicted molar refractivity (Wildman–Crippen MR) is 121 cm³/mol. The van der Waals surface area contributed by atoms with E-state index in [2.05, 4.69) is 36.4 Å². The summed E-state index contributed by atoms with van der Waals surface area (Å²) >= 11 is 0. The van der Waals surface area contributed by atoms with Crippen LogP contribution in [-0.2, 0) is 0 Å². The predicted octanol–water partition coefficient (Wildman–Crippen LogP) is 5.85. The van der Waals surface area contributed by atoms with Gasteiger partial charge in [-0.3, -0.25) is 0 Å². The molecule has 5 rings (SSSR count). The van der Waals surface area contributed by atoms with Crippen LogP contribution < -0.4 is 14.8 Å². The van der Waals surface area contributed by atoms with Crippen molar-refractivity contribution >= 4 is 34.1 Å². The highest BCUT2D eigenvalue weighted by molar-refractivity contribution is 6.63. The van der Waals surface area contributed by atoms with Gasteiger partial charge >= 0.3 is 7.12 Å². The Labute approximate surface area is 170 Å². The van der Waals surface area contributed by atoms with Crippen molar-refractivity contribution in [2.45, 2.75) is 0 Å². The van der Waals surface area contributed by atoms with Crippen molar-refractivity contribution in [3.63, 3.8) is 0 Å². The summed E-state index contributed by atoms with van der Waals surface area (Å²) in [7, 11) is -0.562. The lowest BCUT2D eigenvalue weighted by Gasteiger charge is -2.19. The minimum atomic E-state index is -0.562. The van der Waals surface area contributed by atoms with E-state index in [4.69, 9.17) is 9.31 Å². The standard InChI is InChI=1S/C26H19BO2/c1-2-14-22(15-3-1)27(28-25-18-8-12-20-10-4-6-16-23(20)25)29-26-19-9-13-21-11-5-7-17-24(21)26/h1-19H. The smallest absolute Gasteiger partial charge is 0.521 e. The fourth-order valence-corrected chi connectivity index (χ4v) is 3.60. The number of hydrogen-bond acceptors (Lipinski definition) is 2. The second kappa shape index (κ2) is 7.73. The van der Waals surface area contributed by atoms with Gasteiger partial charge in [-0.25, -0.2) is 0 Å². The zero-order chi connectivity index (χ0) is 19.5. The van der Waals surface area contributed by atoms with Gasteiger partial charge in [0.1, 0.15) is 11.5 Å². The molecule has 0 heterocycles. The van der Waals surface area contributed by atoms with E-state index in [1.807, 2.05) is 78.9 Å². The summed E-state index contributed by atoms with van der Waals surface area (Å²) in [5.41, 5.74) is 0.966. The van der Waals surface area contributed by atoms with Gasteiger partial charge in [-0.05, 0) is 22.9 Å². The largest absolute Gasteiger partial charge is 0.632 e. The summed E-state index contributed by atoms with van der Waals surface area (Å²) in [4.78, 5) is 0. The monoisotopic (exact) mass is 374 g/mol. The molecule has 3 heteroatoms. The molecule has 0 aromatic heterocycles. The summed E-state index contributed by atoms with van der Waals surface area (Å²) < 4.78 is 12.9. The Balaban J connectivity index is 1.57. The van der Waals surface area contributed by atoms with E-state index in [1.54, 1.807) is 0 Å². The molecule has 0 saturated carbocycles. The first kappa shape index (κ1) is 17.4. The molecule has 2 nitrogen and oxygen atoms in total. The molecule has 0 bridgehead atoms. The van der Waals surface area contributed by atoms with Gasteiger partial charge in [0, 0.05) is 16.2 Å². The van der Waals surface area contributed by atoms with Crippen LogP contribution in [0.2, 0.25) is 0 Å². The highest BCUT2D eigenvalue weighted by Crippen LogP contribution is 2.28. The lowest BCUT2D eigenvalue weighted by atomic mass is 9.78. The molecular weight excluding hydrogens is 355 g/mol. The van der Waals surface area contributed by atoms with Crippen LogP contribution in [0.3, 0.4) is 0 Å². The molecule has 5 aromatic rings. The number of hydrogen-bond donors (Lipinski definition) is 0. The topological polar surface area (TPSA) is 18.5 Å². The first-order valence-electron chi connectivity index (χ1n) is 9.72. The molecular formula is C26H19BO2. The number of benzene rings is 5. The minimum absolute atomic E-state index is 0.562. The fraction of sp³-hybridized carbons (Fsp3) is 0. The molecule has 0 aliphatic carbocycles. The third-order valence-corrected chi connectivity index (χ3v) is 5.04. The number of fused-ring (bicyclic) bond motifs is 2. The van der Waals surface area contributed by atoms with E-state index in [0.717, 1.165) is 38.5 Å². The van der Waals surface area contributed by atoms with Gasteiger partial charge in [-0.15, -0.1) is 0 Å². The van der Waals surface area contributed by atoms with Crippen LogP contribution in [0.5, 0.6) is 11.5 Å². The SMILES string of the molecule is c1ccc(B(Oc2cccc3ccccc23)Oc2cccc3ccccc23)cc1. The molecule has 0 unspecified atom stereocenters. The molecule has 0 fully saturated rings. The molecule has 0 amide bonds. The Hall–Kier alpha value is -3.72. The van der Waals surface area contributed by atoms with Crippen LogP contribution in [-0.4, -0.2) is 7.12 Å². The maximum Gasteiger partial charge on any atom is 0.632 e. The summed E-state index contributed by atoms with van der Waals surface area (Å²) in [6.07, 6.45) is 0. The van der Waals surface area contributed by atoms with Crippen molar-refractivity contribution in [2.75, 3.05) is 0 Å². The van der Waals surface area contributed by atoms with Crippen molar-refractivity contribution in [2.24, 2.45) is 0 Å². The quantitative estimate of drug-likeness (QED) is 0.360. The average Bonchev–Trinajstić information content (AvgIpc) is 2.80. The summed E-state index contributed by atoms with van der Waals surface area (Å²) in [6, 6.07) is 38.7. The molecule has 0 aliphatic rings. The van der Waals surface area contributed by atoms with Crippen LogP contribution in [0, 0.1) is 0 Å². The van der Waals surface area contributed by atoms with Gasteiger partial charge in [-0.1, -0.05) is 103 Å². The van der Waals surface area contributed by atoms with Crippen molar-refractivity contribution < 1.29 is 9.31 Å². The molecule has 29 heavy (non-hydrogen) atoms. The molecule has 0 aliphatic heterocycles. The van der Waals surface area contributed by atoms with Crippen LogP contribution >= 0.6 is 0 Å². The van der Waals surface area contributed by atoms with E-state index in [9.17, 15) is 0 Å². The molecule has 0 saturated heterocycles. The normalized spacial score (nSPS) is 10.8. The zero-order valence-corrected chi connectivity index (χ0v) is 15.9. The number of rotatable bonds is 5. The molecule has 5 aromatic carbocycles. The molecule has 0 atom stereocenters. The van der Waals surface area contributed by atoms with Crippen molar-refractivity contribution in [3.8, 4) is 11.5 Å². The van der Waals surface area contributed by atoms with Crippen LogP contribution in [0.15, 0.2) is 115 Å². The van der Waals surface area contributed by atoms with Gasteiger partial charge in [0.25, 0.3) is 0 Å². The summed E-state index contributed by atoms with van der Waals surface area (Å²) in [5.74, 6) is 1.61. The van der Waals surface area contributed by atoms with Crippen LogP contribution in [0.25, 0.3) is 21.5 Å². The lowest BCUT2D eigenvalue weighted by Crippen LogP contribution is -2.42. The Kier molecular flexibility index (Phi) is 4.63. The zero-order valence-electron chi connectivity index (χ0n) is 15.9. The molecule has 0 spiro atoms. The van der Waals surface area contributed by atoms with E-state index in [-0.39, 0.29) is 0 Å². The van der Waals surface area contributed by atoms with E-state index in [1.165, 1.54) is 0 Å². The van der Waals surface area contributed by atoms with Crippen molar-refractivity contribution in [1.29, 1.82) is 0 Å². The van der Waals surface area contributed by atoms with Gasteiger partial charge in [0.05, 0.1) is 0 Å².